The molecule has 0 radical (unpaired) electrons. The highest BCUT2D eigenvalue weighted by Gasteiger charge is 2.38. The van der Waals surface area contributed by atoms with Gasteiger partial charge in [0.05, 0.1) is 11.0 Å². The number of urea groups is 1. The van der Waals surface area contributed by atoms with Crippen molar-refractivity contribution >= 4 is 40.4 Å². The number of carbonyl (C=O) groups excluding carboxylic acids is 1. The van der Waals surface area contributed by atoms with Crippen LogP contribution in [0.5, 0.6) is 0 Å². The number of nitrogens with one attached hydrogen (secondary N) is 2. The minimum atomic E-state index is -4.56. The number of aromatic nitrogens is 2. The number of carbonyl (C=O) groups is 1. The van der Waals surface area contributed by atoms with Gasteiger partial charge in [-0.3, -0.25) is 0 Å². The van der Waals surface area contributed by atoms with Crippen molar-refractivity contribution in [1.29, 1.82) is 0 Å². The maximum atomic E-state index is 13.8. The van der Waals surface area contributed by atoms with E-state index in [0.717, 1.165) is 10.6 Å². The highest BCUT2D eigenvalue weighted by Crippen LogP contribution is 2.35. The van der Waals surface area contributed by atoms with Crippen LogP contribution in [-0.2, 0) is 17.5 Å². The van der Waals surface area contributed by atoms with Crippen molar-refractivity contribution in [2.24, 2.45) is 5.92 Å². The summed E-state index contributed by atoms with van der Waals surface area (Å²) in [6.07, 6.45) is -3.89. The molecule has 11 heteroatoms. The van der Waals surface area contributed by atoms with E-state index < -0.39 is 12.0 Å². The van der Waals surface area contributed by atoms with Gasteiger partial charge < -0.3 is 24.2 Å². The number of alkyl halides is 3. The molecule has 0 aliphatic rings. The quantitative estimate of drug-likeness (QED) is 0.206. The first-order valence-electron chi connectivity index (χ1n) is 12.5. The molecule has 0 saturated carbocycles. The number of hydrogen-bond acceptors (Lipinski definition) is 5. The van der Waals surface area contributed by atoms with E-state index in [9.17, 15) is 18.0 Å². The van der Waals surface area contributed by atoms with Crippen molar-refractivity contribution < 1.29 is 22.7 Å². The van der Waals surface area contributed by atoms with Gasteiger partial charge >= 0.3 is 12.2 Å². The SMILES string of the molecule is CCOCCC(C)Cn1c(C(F)(F)F)nc2cc(N(C)Sc3ccc(NC(=O)NC(C)(C)C)cc3)ccc21. The number of rotatable bonds is 10. The zero-order valence-electron chi connectivity index (χ0n) is 22.6. The second kappa shape index (κ2) is 12.3. The van der Waals surface area contributed by atoms with Gasteiger partial charge in [-0.05, 0) is 94.4 Å². The average Bonchev–Trinajstić information content (AvgIpc) is 3.17. The van der Waals surface area contributed by atoms with Crippen LogP contribution in [0.1, 0.15) is 46.9 Å². The molecular weight excluding hydrogens is 515 g/mol. The molecule has 0 fully saturated rings. The second-order valence-electron chi connectivity index (χ2n) is 10.2. The van der Waals surface area contributed by atoms with Crippen LogP contribution in [0.2, 0.25) is 0 Å². The molecule has 1 aromatic heterocycles. The lowest BCUT2D eigenvalue weighted by Gasteiger charge is -2.21. The van der Waals surface area contributed by atoms with E-state index in [1.807, 2.05) is 58.1 Å². The Morgan fingerprint density at radius 3 is 2.45 bits per heavy atom. The lowest BCUT2D eigenvalue weighted by molar-refractivity contribution is -0.147. The normalized spacial score (nSPS) is 13.0. The molecule has 0 saturated heterocycles. The second-order valence-corrected chi connectivity index (χ2v) is 11.5. The Labute approximate surface area is 226 Å². The minimum absolute atomic E-state index is 0.00467. The molecule has 0 bridgehead atoms. The summed E-state index contributed by atoms with van der Waals surface area (Å²) >= 11 is 1.42. The molecule has 3 rings (SSSR count). The molecule has 7 nitrogen and oxygen atoms in total. The predicted octanol–water partition coefficient (Wildman–Crippen LogP) is 7.18. The van der Waals surface area contributed by atoms with Gasteiger partial charge in [0.15, 0.2) is 0 Å². The minimum Gasteiger partial charge on any atom is -0.382 e. The smallest absolute Gasteiger partial charge is 0.382 e. The van der Waals surface area contributed by atoms with Crippen LogP contribution in [-0.4, -0.2) is 41.4 Å². The van der Waals surface area contributed by atoms with Crippen molar-refractivity contribution in [2.75, 3.05) is 29.9 Å². The van der Waals surface area contributed by atoms with E-state index in [0.29, 0.717) is 36.4 Å². The summed E-state index contributed by atoms with van der Waals surface area (Å²) in [5.74, 6) is -0.892. The predicted molar refractivity (Wildman–Crippen MR) is 148 cm³/mol. The summed E-state index contributed by atoms with van der Waals surface area (Å²) < 4.78 is 50.0. The molecule has 1 unspecified atom stereocenters. The zero-order chi connectivity index (χ0) is 28.1. The summed E-state index contributed by atoms with van der Waals surface area (Å²) in [5.41, 5.74) is 1.77. The zero-order valence-corrected chi connectivity index (χ0v) is 23.5. The molecule has 0 spiro atoms. The third kappa shape index (κ3) is 8.29. The van der Waals surface area contributed by atoms with Gasteiger partial charge in [0, 0.05) is 48.6 Å². The van der Waals surface area contributed by atoms with Gasteiger partial charge in [0.1, 0.15) is 0 Å². The van der Waals surface area contributed by atoms with Crippen molar-refractivity contribution in [1.82, 2.24) is 14.9 Å². The summed E-state index contributed by atoms with van der Waals surface area (Å²) in [5, 5.41) is 5.64. The van der Waals surface area contributed by atoms with Crippen molar-refractivity contribution in [2.45, 2.75) is 64.2 Å². The summed E-state index contributed by atoms with van der Waals surface area (Å²) in [7, 11) is 1.84. The van der Waals surface area contributed by atoms with Crippen LogP contribution in [0.25, 0.3) is 11.0 Å². The van der Waals surface area contributed by atoms with E-state index >= 15 is 0 Å². The molecule has 2 aromatic carbocycles. The monoisotopic (exact) mass is 551 g/mol. The van der Waals surface area contributed by atoms with E-state index in [4.69, 9.17) is 4.74 Å². The topological polar surface area (TPSA) is 71.4 Å². The Bertz CT molecular complexity index is 1220. The summed E-state index contributed by atoms with van der Waals surface area (Å²) in [4.78, 5) is 16.9. The van der Waals surface area contributed by atoms with Gasteiger partial charge in [-0.25, -0.2) is 9.78 Å². The molecule has 38 heavy (non-hydrogen) atoms. The van der Waals surface area contributed by atoms with Crippen LogP contribution in [0.3, 0.4) is 0 Å². The molecular formula is C27H36F3N5O2S. The van der Waals surface area contributed by atoms with Crippen LogP contribution in [0.4, 0.5) is 29.3 Å². The van der Waals surface area contributed by atoms with Gasteiger partial charge in [-0.1, -0.05) is 6.92 Å². The first-order valence-corrected chi connectivity index (χ1v) is 13.3. The first kappa shape index (κ1) is 29.6. The number of amides is 2. The Hall–Kier alpha value is -2.92. The van der Waals surface area contributed by atoms with E-state index in [1.165, 1.54) is 16.5 Å². The first-order chi connectivity index (χ1) is 17.8. The number of halogens is 3. The molecule has 3 aromatic rings. The highest BCUT2D eigenvalue weighted by atomic mass is 32.2. The van der Waals surface area contributed by atoms with Gasteiger partial charge in [-0.15, -0.1) is 0 Å². The fourth-order valence-electron chi connectivity index (χ4n) is 3.86. The van der Waals surface area contributed by atoms with Crippen LogP contribution < -0.4 is 14.9 Å². The summed E-state index contributed by atoms with van der Waals surface area (Å²) in [6, 6.07) is 12.2. The van der Waals surface area contributed by atoms with Gasteiger partial charge in [0.25, 0.3) is 0 Å². The molecule has 208 valence electrons. The van der Waals surface area contributed by atoms with Crippen LogP contribution >= 0.6 is 11.9 Å². The lowest BCUT2D eigenvalue weighted by Crippen LogP contribution is -2.43. The number of nitrogens with zero attached hydrogens (tertiary/aromatic N) is 3. The molecule has 2 amide bonds. The van der Waals surface area contributed by atoms with Crippen LogP contribution in [0.15, 0.2) is 47.4 Å². The third-order valence-electron chi connectivity index (χ3n) is 5.65. The van der Waals surface area contributed by atoms with Crippen molar-refractivity contribution in [3.63, 3.8) is 0 Å². The summed E-state index contributed by atoms with van der Waals surface area (Å²) in [6.45, 7) is 10.8. The Morgan fingerprint density at radius 1 is 1.16 bits per heavy atom. The van der Waals surface area contributed by atoms with Gasteiger partial charge in [0.2, 0.25) is 5.82 Å². The number of ether oxygens (including phenoxy) is 1. The fraction of sp³-hybridized carbons (Fsp3) is 0.481. The average molecular weight is 552 g/mol. The third-order valence-corrected chi connectivity index (χ3v) is 6.61. The van der Waals surface area contributed by atoms with Crippen molar-refractivity contribution in [3.05, 3.63) is 48.3 Å². The van der Waals surface area contributed by atoms with E-state index in [1.54, 1.807) is 30.3 Å². The Balaban J connectivity index is 1.74. The molecule has 0 aliphatic carbocycles. The highest BCUT2D eigenvalue weighted by molar-refractivity contribution is 8.00. The molecule has 0 aliphatic heterocycles. The number of hydrogen-bond donors (Lipinski definition) is 2. The maximum Gasteiger partial charge on any atom is 0.449 e. The fourth-order valence-corrected chi connectivity index (χ4v) is 4.65. The number of fused-ring (bicyclic) bond motifs is 1. The van der Waals surface area contributed by atoms with Crippen LogP contribution in [0, 0.1) is 5.92 Å². The maximum absolute atomic E-state index is 13.8. The molecule has 2 N–H and O–H groups in total. The van der Waals surface area contributed by atoms with Gasteiger partial charge in [-0.2, -0.15) is 13.2 Å². The Morgan fingerprint density at radius 2 is 1.84 bits per heavy atom. The largest absolute Gasteiger partial charge is 0.449 e. The standard InChI is InChI=1S/C27H36F3N5O2S/c1-7-37-15-14-18(2)17-35-23-13-10-20(16-22(23)32-24(35)27(28,29)30)34(6)38-21-11-8-19(9-12-21)31-25(36)33-26(3,4)5/h8-13,16,18H,7,14-15,17H2,1-6H3,(H2,31,33,36). The van der Waals surface area contributed by atoms with E-state index in [-0.39, 0.29) is 24.0 Å². The number of anilines is 2. The lowest BCUT2D eigenvalue weighted by atomic mass is 10.1. The molecule has 1 heterocycles. The number of benzene rings is 2. The number of imidazole rings is 1. The molecule has 1 atom stereocenters. The van der Waals surface area contributed by atoms with E-state index in [2.05, 4.69) is 15.6 Å². The Kier molecular flexibility index (Phi) is 9.59. The van der Waals surface area contributed by atoms with Crippen molar-refractivity contribution in [3.8, 4) is 0 Å².